The predicted molar refractivity (Wildman–Crippen MR) is 72.6 cm³/mol. The van der Waals surface area contributed by atoms with E-state index in [1.807, 2.05) is 4.68 Å². The lowest BCUT2D eigenvalue weighted by Crippen LogP contribution is -2.25. The molecule has 0 aromatic carbocycles. The highest BCUT2D eigenvalue weighted by Gasteiger charge is 2.28. The number of aliphatic imine (C=N–C) groups is 1. The van der Waals surface area contributed by atoms with Crippen molar-refractivity contribution in [2.24, 2.45) is 4.99 Å². The normalized spacial score (nSPS) is 17.7. The van der Waals surface area contributed by atoms with Crippen LogP contribution in [-0.4, -0.2) is 43.7 Å². The molecule has 0 bridgehead atoms. The van der Waals surface area contributed by atoms with Gasteiger partial charge in [0.2, 0.25) is 0 Å². The topological polar surface area (TPSA) is 72.3 Å². The average Bonchev–Trinajstić information content (AvgIpc) is 3.16. The lowest BCUT2D eigenvalue weighted by molar-refractivity contribution is 0.420. The monoisotopic (exact) mass is 292 g/mol. The molecule has 0 spiro atoms. The first-order valence-electron chi connectivity index (χ1n) is 6.56. The Morgan fingerprint density at radius 3 is 2.85 bits per heavy atom. The number of aryl methyl sites for hydroxylation is 2. The summed E-state index contributed by atoms with van der Waals surface area (Å²) in [5.41, 5.74) is 1.56. The zero-order valence-electron chi connectivity index (χ0n) is 11.0. The highest BCUT2D eigenvalue weighted by Crippen LogP contribution is 2.31. The van der Waals surface area contributed by atoms with Crippen LogP contribution < -0.4 is 0 Å². The van der Waals surface area contributed by atoms with Crippen molar-refractivity contribution in [3.63, 3.8) is 0 Å². The molecule has 104 valence electrons. The van der Waals surface area contributed by atoms with E-state index in [-0.39, 0.29) is 0 Å². The van der Waals surface area contributed by atoms with E-state index in [9.17, 15) is 0 Å². The Labute approximate surface area is 120 Å². The summed E-state index contributed by atoms with van der Waals surface area (Å²) in [6, 6.07) is 0. The molecular weight excluding hydrogens is 280 g/mol. The maximum absolute atomic E-state index is 6.47. The summed E-state index contributed by atoms with van der Waals surface area (Å²) in [5, 5.41) is 8.92. The van der Waals surface area contributed by atoms with Gasteiger partial charge in [-0.05, 0) is 13.3 Å². The third-order valence-corrected chi connectivity index (χ3v) is 3.92. The Balaban J connectivity index is 1.74. The summed E-state index contributed by atoms with van der Waals surface area (Å²) in [4.78, 5) is 10.7. The van der Waals surface area contributed by atoms with Crippen LogP contribution in [0.15, 0.2) is 9.52 Å². The number of hydrogen-bond acceptors (Lipinski definition) is 6. The van der Waals surface area contributed by atoms with Crippen LogP contribution in [0.25, 0.3) is 11.6 Å². The third-order valence-electron chi connectivity index (χ3n) is 3.53. The van der Waals surface area contributed by atoms with Gasteiger partial charge in [0.15, 0.2) is 11.5 Å². The fraction of sp³-hybridized carbons (Fsp3) is 0.500. The smallest absolute Gasteiger partial charge is 0.279 e. The Hall–Kier alpha value is -1.89. The minimum Gasteiger partial charge on any atom is -0.353 e. The lowest BCUT2D eigenvalue weighted by Gasteiger charge is -2.16. The van der Waals surface area contributed by atoms with Crippen LogP contribution in [0.5, 0.6) is 0 Å². The van der Waals surface area contributed by atoms with E-state index in [2.05, 4.69) is 25.1 Å². The molecule has 20 heavy (non-hydrogen) atoms. The van der Waals surface area contributed by atoms with Crippen LogP contribution >= 0.6 is 11.6 Å². The first-order chi connectivity index (χ1) is 9.72. The van der Waals surface area contributed by atoms with Gasteiger partial charge in [-0.2, -0.15) is 10.1 Å². The largest absolute Gasteiger partial charge is 0.353 e. The van der Waals surface area contributed by atoms with Crippen molar-refractivity contribution >= 4 is 17.4 Å². The van der Waals surface area contributed by atoms with Crippen molar-refractivity contribution in [2.45, 2.75) is 26.4 Å². The van der Waals surface area contributed by atoms with E-state index in [4.69, 9.17) is 16.1 Å². The molecule has 0 fully saturated rings. The van der Waals surface area contributed by atoms with Gasteiger partial charge in [0, 0.05) is 13.1 Å². The summed E-state index contributed by atoms with van der Waals surface area (Å²) in [6.07, 6.45) is 1.02. The van der Waals surface area contributed by atoms with Crippen molar-refractivity contribution in [3.05, 3.63) is 16.5 Å². The van der Waals surface area contributed by atoms with Crippen LogP contribution in [0.4, 0.5) is 0 Å². The van der Waals surface area contributed by atoms with E-state index in [0.717, 1.165) is 44.1 Å². The quantitative estimate of drug-likeness (QED) is 0.797. The Morgan fingerprint density at radius 2 is 2.15 bits per heavy atom. The maximum atomic E-state index is 6.47. The average molecular weight is 293 g/mol. The van der Waals surface area contributed by atoms with Crippen LogP contribution in [0.2, 0.25) is 5.02 Å². The summed E-state index contributed by atoms with van der Waals surface area (Å²) in [6.45, 7) is 5.19. The molecule has 0 atom stereocenters. The molecule has 2 aliphatic heterocycles. The molecule has 0 N–H and O–H groups in total. The van der Waals surface area contributed by atoms with E-state index in [1.165, 1.54) is 0 Å². The molecule has 4 rings (SSSR count). The predicted octanol–water partition coefficient (Wildman–Crippen LogP) is 1.51. The van der Waals surface area contributed by atoms with Gasteiger partial charge < -0.3 is 9.42 Å². The molecule has 0 amide bonds. The van der Waals surface area contributed by atoms with Crippen molar-refractivity contribution in [3.8, 4) is 11.6 Å². The first-order valence-corrected chi connectivity index (χ1v) is 6.94. The van der Waals surface area contributed by atoms with E-state index in [0.29, 0.717) is 22.4 Å². The fourth-order valence-corrected chi connectivity index (χ4v) is 2.74. The van der Waals surface area contributed by atoms with Gasteiger partial charge in [-0.15, -0.1) is 0 Å². The molecule has 2 aromatic heterocycles. The van der Waals surface area contributed by atoms with Crippen LogP contribution in [0, 0.1) is 6.92 Å². The standard InChI is InChI=1S/C12H13ClN6O/c1-7-15-12(20-17-7)11-10(13)8-6-18(9-5-14-9)3-2-4-19(8)16-11/h2-6H2,1H3. The van der Waals surface area contributed by atoms with Crippen molar-refractivity contribution in [2.75, 3.05) is 13.1 Å². The van der Waals surface area contributed by atoms with Crippen molar-refractivity contribution in [1.29, 1.82) is 0 Å². The SMILES string of the molecule is Cc1noc(-c2nn3c(c2Cl)CN(C2=NC2)CCC3)n1. The Morgan fingerprint density at radius 1 is 1.30 bits per heavy atom. The number of halogens is 1. The summed E-state index contributed by atoms with van der Waals surface area (Å²) < 4.78 is 7.11. The minimum atomic E-state index is 0.378. The molecular formula is C12H13ClN6O. The highest BCUT2D eigenvalue weighted by atomic mass is 35.5. The fourth-order valence-electron chi connectivity index (χ4n) is 2.47. The lowest BCUT2D eigenvalue weighted by atomic mass is 10.3. The number of aromatic nitrogens is 4. The second-order valence-corrected chi connectivity index (χ2v) is 5.36. The number of fused-ring (bicyclic) bond motifs is 1. The van der Waals surface area contributed by atoms with Gasteiger partial charge in [0.05, 0.1) is 23.8 Å². The molecule has 7 nitrogen and oxygen atoms in total. The molecule has 2 aliphatic rings. The summed E-state index contributed by atoms with van der Waals surface area (Å²) in [5.74, 6) is 2.11. The number of hydrogen-bond donors (Lipinski definition) is 0. The highest BCUT2D eigenvalue weighted by molar-refractivity contribution is 6.33. The number of rotatable bonds is 1. The zero-order chi connectivity index (χ0) is 13.7. The Kier molecular flexibility index (Phi) is 2.56. The van der Waals surface area contributed by atoms with Crippen LogP contribution in [-0.2, 0) is 13.1 Å². The first kappa shape index (κ1) is 11.9. The van der Waals surface area contributed by atoms with Gasteiger partial charge in [-0.1, -0.05) is 16.8 Å². The van der Waals surface area contributed by atoms with E-state index >= 15 is 0 Å². The molecule has 0 saturated carbocycles. The number of nitrogens with zero attached hydrogens (tertiary/aromatic N) is 6. The second kappa shape index (κ2) is 4.31. The third kappa shape index (κ3) is 1.89. The molecule has 0 saturated heterocycles. The molecule has 0 unspecified atom stereocenters. The summed E-state index contributed by atoms with van der Waals surface area (Å²) >= 11 is 6.47. The van der Waals surface area contributed by atoms with E-state index in [1.54, 1.807) is 6.92 Å². The van der Waals surface area contributed by atoms with Crippen LogP contribution in [0.3, 0.4) is 0 Å². The van der Waals surface area contributed by atoms with Gasteiger partial charge in [-0.25, -0.2) is 0 Å². The Bertz CT molecular complexity index is 703. The minimum absolute atomic E-state index is 0.378. The van der Waals surface area contributed by atoms with Gasteiger partial charge in [-0.3, -0.25) is 9.67 Å². The molecule has 0 radical (unpaired) electrons. The van der Waals surface area contributed by atoms with Gasteiger partial charge >= 0.3 is 0 Å². The number of amidine groups is 1. The van der Waals surface area contributed by atoms with Crippen molar-refractivity contribution < 1.29 is 4.52 Å². The van der Waals surface area contributed by atoms with Gasteiger partial charge in [0.1, 0.15) is 5.84 Å². The van der Waals surface area contributed by atoms with Gasteiger partial charge in [0.25, 0.3) is 5.89 Å². The molecule has 2 aromatic rings. The van der Waals surface area contributed by atoms with Crippen molar-refractivity contribution in [1.82, 2.24) is 24.8 Å². The molecule has 4 heterocycles. The molecule has 8 heteroatoms. The maximum Gasteiger partial charge on any atom is 0.279 e. The summed E-state index contributed by atoms with van der Waals surface area (Å²) in [7, 11) is 0. The zero-order valence-corrected chi connectivity index (χ0v) is 11.8. The van der Waals surface area contributed by atoms with Crippen LogP contribution in [0.1, 0.15) is 17.9 Å². The molecule has 0 aliphatic carbocycles. The second-order valence-electron chi connectivity index (χ2n) is 4.99. The van der Waals surface area contributed by atoms with E-state index < -0.39 is 0 Å².